The van der Waals surface area contributed by atoms with Crippen molar-refractivity contribution in [1.29, 1.82) is 0 Å². The summed E-state index contributed by atoms with van der Waals surface area (Å²) in [6, 6.07) is 5.26. The molecule has 5 rings (SSSR count). The lowest BCUT2D eigenvalue weighted by Crippen LogP contribution is -2.77. The van der Waals surface area contributed by atoms with Crippen LogP contribution in [0.25, 0.3) is 22.3 Å². The van der Waals surface area contributed by atoms with E-state index in [1.807, 2.05) is 0 Å². The topological polar surface area (TPSA) is 313 Å². The number of aliphatic carboxylic acids is 2. The molecule has 2 aliphatic heterocycles. The van der Waals surface area contributed by atoms with E-state index in [1.54, 1.807) is 0 Å². The molecule has 0 radical (unpaired) electrons. The molecule has 2 fully saturated rings. The highest BCUT2D eigenvalue weighted by Crippen LogP contribution is 2.44. The van der Waals surface area contributed by atoms with E-state index in [1.165, 1.54) is 26.4 Å². The van der Waals surface area contributed by atoms with Crippen molar-refractivity contribution in [2.45, 2.75) is 60.7 Å². The molecule has 1 aromatic heterocycles. The van der Waals surface area contributed by atoms with Gasteiger partial charge in [0.25, 0.3) is 5.79 Å². The van der Waals surface area contributed by atoms with Crippen molar-refractivity contribution in [2.75, 3.05) is 14.2 Å². The number of rotatable bonds is 8. The summed E-state index contributed by atoms with van der Waals surface area (Å²) in [6.07, 6.45) is -21.6. The Hall–Kier alpha value is -4.73. The van der Waals surface area contributed by atoms with Crippen molar-refractivity contribution < 1.29 is 88.8 Å². The lowest BCUT2D eigenvalue weighted by atomic mass is 9.82. The summed E-state index contributed by atoms with van der Waals surface area (Å²) < 4.78 is 32.5. The van der Waals surface area contributed by atoms with Crippen LogP contribution in [0, 0.1) is 0 Å². The van der Waals surface area contributed by atoms with Crippen LogP contribution >= 0.6 is 0 Å². The Morgan fingerprint density at radius 1 is 0.771 bits per heavy atom. The Morgan fingerprint density at radius 2 is 1.35 bits per heavy atom. The van der Waals surface area contributed by atoms with Crippen molar-refractivity contribution in [1.82, 2.24) is 0 Å². The van der Waals surface area contributed by atoms with E-state index in [9.17, 15) is 65.4 Å². The fourth-order valence-electron chi connectivity index (χ4n) is 5.60. The summed E-state index contributed by atoms with van der Waals surface area (Å²) in [4.78, 5) is 37.0. The average molecular weight is 683 g/mol. The minimum Gasteiger partial charge on any atom is -0.507 e. The maximum atomic E-state index is 13.1. The van der Waals surface area contributed by atoms with Gasteiger partial charge in [-0.05, 0) is 12.1 Å². The summed E-state index contributed by atoms with van der Waals surface area (Å²) >= 11 is 0. The maximum absolute atomic E-state index is 13.1. The zero-order valence-corrected chi connectivity index (χ0v) is 24.7. The first-order chi connectivity index (χ1) is 22.6. The molecule has 3 heterocycles. The number of carboxylic acid groups (broad SMARTS) is 2. The highest BCUT2D eigenvalue weighted by molar-refractivity contribution is 5.86. The lowest BCUT2D eigenvalue weighted by molar-refractivity contribution is -0.387. The number of ether oxygens (including phenoxy) is 5. The molecule has 0 aliphatic carbocycles. The van der Waals surface area contributed by atoms with Crippen LogP contribution in [0.2, 0.25) is 0 Å². The normalized spacial score (nSPS) is 32.0. The molecule has 2 aromatic carbocycles. The van der Waals surface area contributed by atoms with Crippen molar-refractivity contribution in [2.24, 2.45) is 0 Å². The van der Waals surface area contributed by atoms with Crippen LogP contribution in [0.15, 0.2) is 39.5 Å². The van der Waals surface area contributed by atoms with Crippen LogP contribution in [0.5, 0.6) is 28.7 Å². The van der Waals surface area contributed by atoms with Crippen molar-refractivity contribution >= 4 is 22.9 Å². The van der Waals surface area contributed by atoms with Gasteiger partial charge in [-0.2, -0.15) is 0 Å². The molecular formula is C29H30O19. The Morgan fingerprint density at radius 3 is 1.92 bits per heavy atom. The van der Waals surface area contributed by atoms with Gasteiger partial charge in [0.2, 0.25) is 5.75 Å². The van der Waals surface area contributed by atoms with Crippen LogP contribution in [-0.2, 0) is 19.1 Å². The lowest BCUT2D eigenvalue weighted by Gasteiger charge is -2.53. The molecule has 0 bridgehead atoms. The second-order valence-electron chi connectivity index (χ2n) is 10.9. The zero-order valence-electron chi connectivity index (χ0n) is 24.7. The van der Waals surface area contributed by atoms with Crippen LogP contribution in [-0.4, -0.2) is 138 Å². The minimum absolute atomic E-state index is 0.0656. The van der Waals surface area contributed by atoms with E-state index < -0.39 is 101 Å². The molecule has 10 atom stereocenters. The van der Waals surface area contributed by atoms with Crippen LogP contribution in [0.3, 0.4) is 0 Å². The standard InChI is InChI=1S/C29H30O19/c1-43-14-3-8(4-15(44-2)17(14)32)12-7-11(31)16-10(30)5-9(6-13(16)45-12)47-29(25(38)21(36)20(35)24(48-29)28(41)42)26-22(37)18(33)19(34)23(46-26)27(39)40/h3-7,18-26,30,32-38H,1-2H3,(H,39,40)(H,41,42). The summed E-state index contributed by atoms with van der Waals surface area (Å²) in [5.41, 5.74) is -1.08. The number of aliphatic hydroxyl groups is 6. The molecule has 10 unspecified atom stereocenters. The van der Waals surface area contributed by atoms with Gasteiger partial charge in [-0.25, -0.2) is 9.59 Å². The Bertz CT molecular complexity index is 1760. The molecule has 260 valence electrons. The van der Waals surface area contributed by atoms with E-state index >= 15 is 0 Å². The van der Waals surface area contributed by atoms with Gasteiger partial charge in [0.1, 0.15) is 58.7 Å². The molecule has 19 heteroatoms. The van der Waals surface area contributed by atoms with Gasteiger partial charge in [-0.3, -0.25) is 4.79 Å². The van der Waals surface area contributed by atoms with Crippen molar-refractivity contribution in [3.8, 4) is 40.1 Å². The van der Waals surface area contributed by atoms with E-state index in [2.05, 4.69) is 0 Å². The van der Waals surface area contributed by atoms with Gasteiger partial charge in [0, 0.05) is 23.8 Å². The monoisotopic (exact) mass is 682 g/mol. The minimum atomic E-state index is -3.22. The molecule has 48 heavy (non-hydrogen) atoms. The number of methoxy groups -OCH3 is 2. The highest BCUT2D eigenvalue weighted by atomic mass is 16.8. The Kier molecular flexibility index (Phi) is 9.16. The molecule has 0 spiro atoms. The number of phenolic OH excluding ortho intramolecular Hbond substituents is 2. The number of aromatic hydroxyl groups is 2. The SMILES string of the molecule is COc1cc(-c2cc(=O)c3c(O)cc(OC4(C5OC(C(=O)O)C(O)C(O)C5O)OC(C(=O)O)C(O)C(O)C4O)cc3o2)cc(OC)c1O. The van der Waals surface area contributed by atoms with Gasteiger partial charge < -0.3 is 79.2 Å². The Balaban J connectivity index is 1.69. The highest BCUT2D eigenvalue weighted by Gasteiger charge is 2.67. The summed E-state index contributed by atoms with van der Waals surface area (Å²) in [5, 5.41) is 104. The number of benzene rings is 2. The fraction of sp³-hybridized carbons (Fsp3) is 0.414. The third-order valence-corrected chi connectivity index (χ3v) is 8.03. The number of carboxylic acids is 2. The molecule has 3 aromatic rings. The fourth-order valence-corrected chi connectivity index (χ4v) is 5.60. The number of carbonyl (C=O) groups is 2. The third kappa shape index (κ3) is 5.61. The van der Waals surface area contributed by atoms with Crippen LogP contribution in [0.4, 0.5) is 0 Å². The van der Waals surface area contributed by atoms with E-state index in [0.29, 0.717) is 0 Å². The maximum Gasteiger partial charge on any atom is 0.335 e. The number of phenols is 2. The number of aliphatic hydroxyl groups excluding tert-OH is 6. The third-order valence-electron chi connectivity index (χ3n) is 8.03. The van der Waals surface area contributed by atoms with E-state index in [4.69, 9.17) is 28.1 Å². The van der Waals surface area contributed by atoms with Gasteiger partial charge in [-0.15, -0.1) is 0 Å². The average Bonchev–Trinajstić information content (AvgIpc) is 3.03. The first-order valence-corrected chi connectivity index (χ1v) is 13.9. The molecule has 19 nitrogen and oxygen atoms in total. The second kappa shape index (κ2) is 12.7. The van der Waals surface area contributed by atoms with Gasteiger partial charge in [0.05, 0.1) is 14.2 Å². The number of hydrogen-bond acceptors (Lipinski definition) is 17. The summed E-state index contributed by atoms with van der Waals surface area (Å²) in [7, 11) is 2.51. The second-order valence-corrected chi connectivity index (χ2v) is 10.9. The molecular weight excluding hydrogens is 652 g/mol. The van der Waals surface area contributed by atoms with Crippen molar-refractivity contribution in [3.05, 3.63) is 40.6 Å². The van der Waals surface area contributed by atoms with E-state index in [-0.39, 0.29) is 28.6 Å². The largest absolute Gasteiger partial charge is 0.507 e. The molecule has 2 saturated heterocycles. The molecule has 10 N–H and O–H groups in total. The predicted octanol–water partition coefficient (Wildman–Crippen LogP) is -2.54. The zero-order chi connectivity index (χ0) is 35.4. The number of hydrogen-bond donors (Lipinski definition) is 10. The number of fused-ring (bicyclic) bond motifs is 1. The van der Waals surface area contributed by atoms with Crippen LogP contribution in [0.1, 0.15) is 0 Å². The van der Waals surface area contributed by atoms with Gasteiger partial charge >= 0.3 is 11.9 Å². The van der Waals surface area contributed by atoms with E-state index in [0.717, 1.165) is 18.2 Å². The smallest absolute Gasteiger partial charge is 0.335 e. The molecule has 0 amide bonds. The predicted molar refractivity (Wildman–Crippen MR) is 153 cm³/mol. The first kappa shape index (κ1) is 34.6. The Labute approximate surface area is 267 Å². The first-order valence-electron chi connectivity index (χ1n) is 13.9. The summed E-state index contributed by atoms with van der Waals surface area (Å²) in [6.45, 7) is 0. The van der Waals surface area contributed by atoms with Crippen molar-refractivity contribution in [3.63, 3.8) is 0 Å². The van der Waals surface area contributed by atoms with Gasteiger partial charge in [-0.1, -0.05) is 0 Å². The molecule has 0 saturated carbocycles. The van der Waals surface area contributed by atoms with Crippen LogP contribution < -0.4 is 19.6 Å². The quantitative estimate of drug-likeness (QED) is 0.117. The summed E-state index contributed by atoms with van der Waals surface area (Å²) in [5.74, 6) is -9.15. The molecule has 2 aliphatic rings. The van der Waals surface area contributed by atoms with Gasteiger partial charge in [0.15, 0.2) is 41.3 Å².